The molecule has 0 heterocycles. The van der Waals surface area contributed by atoms with E-state index in [-0.39, 0.29) is 17.7 Å². The van der Waals surface area contributed by atoms with E-state index in [0.29, 0.717) is 23.1 Å². The molecule has 50 heavy (non-hydrogen) atoms. The summed E-state index contributed by atoms with van der Waals surface area (Å²) in [5.74, 6) is -7.34. The molecule has 0 saturated carbocycles. The number of carboxylic acid groups (broad SMARTS) is 2. The van der Waals surface area contributed by atoms with Gasteiger partial charge in [-0.05, 0) is 31.4 Å². The number of carboxylic acids is 2. The molecule has 0 aliphatic carbocycles. The van der Waals surface area contributed by atoms with Gasteiger partial charge in [-0.1, -0.05) is 116 Å². The highest BCUT2D eigenvalue weighted by atomic mass is 16.5. The van der Waals surface area contributed by atoms with Gasteiger partial charge in [0.25, 0.3) is 23.1 Å². The lowest BCUT2D eigenvalue weighted by Gasteiger charge is -2.02. The van der Waals surface area contributed by atoms with Crippen LogP contribution in [0.2, 0.25) is 0 Å². The van der Waals surface area contributed by atoms with Crippen molar-refractivity contribution in [1.82, 2.24) is 0 Å². The SMILES string of the molecule is CCOC(=O)C(=O)c1ccccc1.CCc1ccccc1C(=O)C(=O)O.COC(=O)C(=O)c1ccccc1.Cc1ccccc1C(=O)C(=O)O. The number of methoxy groups -OCH3 is 1. The Balaban J connectivity index is 0.000000334. The van der Waals surface area contributed by atoms with E-state index in [0.717, 1.165) is 5.56 Å². The van der Waals surface area contributed by atoms with Gasteiger partial charge in [-0.2, -0.15) is 0 Å². The third-order valence-electron chi connectivity index (χ3n) is 6.32. The molecular formula is C38H36O12. The van der Waals surface area contributed by atoms with Crippen molar-refractivity contribution >= 4 is 47.0 Å². The van der Waals surface area contributed by atoms with Gasteiger partial charge < -0.3 is 19.7 Å². The topological polar surface area (TPSA) is 195 Å². The fourth-order valence-electron chi connectivity index (χ4n) is 3.81. The zero-order valence-electron chi connectivity index (χ0n) is 27.8. The molecule has 0 radical (unpaired) electrons. The summed E-state index contributed by atoms with van der Waals surface area (Å²) in [6.45, 7) is 5.47. The Bertz CT molecular complexity index is 1790. The van der Waals surface area contributed by atoms with Crippen molar-refractivity contribution in [2.24, 2.45) is 0 Å². The first-order chi connectivity index (χ1) is 23.8. The van der Waals surface area contributed by atoms with Crippen LogP contribution in [0.15, 0.2) is 109 Å². The normalized spacial score (nSPS) is 9.36. The Labute approximate surface area is 288 Å². The summed E-state index contributed by atoms with van der Waals surface area (Å²) in [7, 11) is 1.18. The summed E-state index contributed by atoms with van der Waals surface area (Å²) in [6, 6.07) is 30.0. The molecular weight excluding hydrogens is 648 g/mol. The van der Waals surface area contributed by atoms with E-state index < -0.39 is 47.0 Å². The number of hydrogen-bond donors (Lipinski definition) is 2. The lowest BCUT2D eigenvalue weighted by atomic mass is 10.0. The first-order valence-electron chi connectivity index (χ1n) is 14.9. The van der Waals surface area contributed by atoms with Crippen molar-refractivity contribution < 1.29 is 58.0 Å². The zero-order chi connectivity index (χ0) is 37.6. The highest BCUT2D eigenvalue weighted by molar-refractivity contribution is 6.41. The quantitative estimate of drug-likeness (QED) is 0.125. The van der Waals surface area contributed by atoms with Crippen LogP contribution in [-0.4, -0.2) is 70.9 Å². The van der Waals surface area contributed by atoms with Crippen LogP contribution in [0.4, 0.5) is 0 Å². The fourth-order valence-corrected chi connectivity index (χ4v) is 3.81. The molecule has 2 N–H and O–H groups in total. The molecule has 0 aromatic heterocycles. The second-order valence-electron chi connectivity index (χ2n) is 9.70. The van der Waals surface area contributed by atoms with Gasteiger partial charge >= 0.3 is 23.9 Å². The van der Waals surface area contributed by atoms with Crippen LogP contribution in [0.25, 0.3) is 0 Å². The van der Waals surface area contributed by atoms with E-state index in [9.17, 15) is 38.4 Å². The number of Topliss-reactive ketones (excluding diaryl/α,β-unsaturated/α-hetero) is 4. The van der Waals surface area contributed by atoms with Gasteiger partial charge in [-0.15, -0.1) is 0 Å². The molecule has 0 fully saturated rings. The van der Waals surface area contributed by atoms with E-state index in [2.05, 4.69) is 9.47 Å². The number of carbonyl (C=O) groups excluding carboxylic acids is 6. The van der Waals surface area contributed by atoms with Gasteiger partial charge in [-0.3, -0.25) is 19.2 Å². The minimum atomic E-state index is -1.41. The van der Waals surface area contributed by atoms with Crippen molar-refractivity contribution in [1.29, 1.82) is 0 Å². The number of carbonyl (C=O) groups is 8. The van der Waals surface area contributed by atoms with Crippen LogP contribution < -0.4 is 0 Å². The number of esters is 2. The number of benzene rings is 4. The molecule has 12 heteroatoms. The molecule has 0 bridgehead atoms. The van der Waals surface area contributed by atoms with Crippen LogP contribution >= 0.6 is 0 Å². The van der Waals surface area contributed by atoms with Gasteiger partial charge in [0.2, 0.25) is 0 Å². The van der Waals surface area contributed by atoms with Crippen LogP contribution in [0.3, 0.4) is 0 Å². The molecule has 0 saturated heterocycles. The highest BCUT2D eigenvalue weighted by Gasteiger charge is 2.18. The molecule has 0 aliphatic heterocycles. The number of rotatable bonds is 10. The van der Waals surface area contributed by atoms with Gasteiger partial charge in [0.05, 0.1) is 13.7 Å². The number of aryl methyl sites for hydroxylation is 2. The minimum absolute atomic E-state index is 0.220. The number of ketones is 4. The summed E-state index contributed by atoms with van der Waals surface area (Å²) in [6.07, 6.45) is 0.662. The summed E-state index contributed by atoms with van der Waals surface area (Å²) in [5, 5.41) is 16.9. The van der Waals surface area contributed by atoms with E-state index >= 15 is 0 Å². The molecule has 260 valence electrons. The number of aliphatic carboxylic acids is 2. The Hall–Kier alpha value is -6.56. The van der Waals surface area contributed by atoms with Gasteiger partial charge in [0.1, 0.15) is 0 Å². The van der Waals surface area contributed by atoms with E-state index in [1.54, 1.807) is 111 Å². The predicted octanol–water partition coefficient (Wildman–Crippen LogP) is 5.25. The summed E-state index contributed by atoms with van der Waals surface area (Å²) >= 11 is 0. The third-order valence-corrected chi connectivity index (χ3v) is 6.32. The van der Waals surface area contributed by atoms with Crippen molar-refractivity contribution in [2.45, 2.75) is 27.2 Å². The molecule has 4 rings (SSSR count). The Morgan fingerprint density at radius 3 is 1.34 bits per heavy atom. The summed E-state index contributed by atoms with van der Waals surface area (Å²) in [5.41, 5.74) is 2.72. The average Bonchev–Trinajstić information content (AvgIpc) is 3.15. The van der Waals surface area contributed by atoms with E-state index in [4.69, 9.17) is 10.2 Å². The van der Waals surface area contributed by atoms with Crippen molar-refractivity contribution in [3.63, 3.8) is 0 Å². The lowest BCUT2D eigenvalue weighted by molar-refractivity contribution is -0.137. The lowest BCUT2D eigenvalue weighted by Crippen LogP contribution is -2.17. The minimum Gasteiger partial charge on any atom is -0.475 e. The molecule has 0 atom stereocenters. The van der Waals surface area contributed by atoms with Crippen LogP contribution in [0, 0.1) is 6.92 Å². The number of hydrogen-bond acceptors (Lipinski definition) is 10. The smallest absolute Gasteiger partial charge is 0.379 e. The second-order valence-corrected chi connectivity index (χ2v) is 9.70. The first-order valence-corrected chi connectivity index (χ1v) is 14.9. The van der Waals surface area contributed by atoms with Crippen LogP contribution in [0.5, 0.6) is 0 Å². The van der Waals surface area contributed by atoms with Crippen LogP contribution in [0.1, 0.15) is 66.4 Å². The highest BCUT2D eigenvalue weighted by Crippen LogP contribution is 2.10. The summed E-state index contributed by atoms with van der Waals surface area (Å²) < 4.78 is 8.85. The fraction of sp³-hybridized carbons (Fsp3) is 0.158. The molecule has 0 amide bonds. The van der Waals surface area contributed by atoms with Crippen molar-refractivity contribution in [3.8, 4) is 0 Å². The maximum Gasteiger partial charge on any atom is 0.379 e. The summed E-state index contributed by atoms with van der Waals surface area (Å²) in [4.78, 5) is 86.9. The van der Waals surface area contributed by atoms with Gasteiger partial charge in [0, 0.05) is 22.3 Å². The second kappa shape index (κ2) is 22.1. The molecule has 12 nitrogen and oxygen atoms in total. The van der Waals surface area contributed by atoms with E-state index in [1.165, 1.54) is 19.2 Å². The van der Waals surface area contributed by atoms with Gasteiger partial charge in [0.15, 0.2) is 0 Å². The Kier molecular flexibility index (Phi) is 18.3. The van der Waals surface area contributed by atoms with E-state index in [1.807, 2.05) is 6.92 Å². The maximum atomic E-state index is 11.3. The third kappa shape index (κ3) is 13.7. The molecule has 4 aromatic rings. The zero-order valence-corrected chi connectivity index (χ0v) is 27.8. The largest absolute Gasteiger partial charge is 0.475 e. The van der Waals surface area contributed by atoms with Crippen molar-refractivity contribution in [2.75, 3.05) is 13.7 Å². The standard InChI is InChI=1S/2C10H10O3.2C9H8O3/c1-2-13-10(12)9(11)8-6-4-3-5-7-8;1-2-7-5-3-4-6-8(7)9(11)10(12)13;1-12-9(11)8(10)7-5-3-2-4-6-7;1-6-4-2-3-5-7(6)8(10)9(11)12/h3-7H,2H2,1H3;3-6H,2H2,1H3,(H,12,13);2-6H,1H3;2-5H,1H3,(H,11,12). The Morgan fingerprint density at radius 1 is 0.520 bits per heavy atom. The predicted molar refractivity (Wildman–Crippen MR) is 181 cm³/mol. The van der Waals surface area contributed by atoms with Gasteiger partial charge in [-0.25, -0.2) is 19.2 Å². The molecule has 4 aromatic carbocycles. The van der Waals surface area contributed by atoms with Crippen molar-refractivity contribution in [3.05, 3.63) is 143 Å². The molecule has 0 spiro atoms. The maximum absolute atomic E-state index is 11.3. The monoisotopic (exact) mass is 684 g/mol. The number of ether oxygens (including phenoxy) is 2. The average molecular weight is 685 g/mol. The Morgan fingerprint density at radius 2 is 0.920 bits per heavy atom. The molecule has 0 unspecified atom stereocenters. The molecule has 0 aliphatic rings. The van der Waals surface area contributed by atoms with Crippen LogP contribution in [-0.2, 0) is 35.1 Å². The first kappa shape index (κ1) is 41.5.